The lowest BCUT2D eigenvalue weighted by molar-refractivity contribution is -0.123. The Morgan fingerprint density at radius 2 is 2.53 bits per heavy atom. The predicted octanol–water partition coefficient (Wildman–Crippen LogP) is 1.45. The van der Waals surface area contributed by atoms with Crippen LogP contribution in [0.2, 0.25) is 0 Å². The topological polar surface area (TPSA) is 46.3 Å². The molecule has 4 heteroatoms. The summed E-state index contributed by atoms with van der Waals surface area (Å²) in [5, 5.41) is 2.09. The summed E-state index contributed by atoms with van der Waals surface area (Å²) in [7, 11) is 0. The maximum atomic E-state index is 11.1. The van der Waals surface area contributed by atoms with Crippen LogP contribution in [0.1, 0.15) is 17.7 Å². The molecule has 0 spiro atoms. The lowest BCUT2D eigenvalue weighted by Gasteiger charge is -2.30. The number of rotatable bonds is 3. The molecule has 15 heavy (non-hydrogen) atoms. The summed E-state index contributed by atoms with van der Waals surface area (Å²) in [6, 6.07) is 4.20. The number of likely N-dealkylation sites (tertiary alicyclic amines) is 1. The minimum absolute atomic E-state index is 0.0544. The standard InChI is InChI=1S/C11H16N2OS/c12-11(14)9-3-1-5-13(7-9)8-10-4-2-6-15-10/h2,4,6,9H,1,3,5,7-8H2,(H2,12,14). The summed E-state index contributed by atoms with van der Waals surface area (Å²) in [5.41, 5.74) is 5.34. The van der Waals surface area contributed by atoms with Crippen molar-refractivity contribution in [1.82, 2.24) is 4.90 Å². The molecule has 1 aromatic heterocycles. The van der Waals surface area contributed by atoms with E-state index in [1.807, 2.05) is 0 Å². The number of carbonyl (C=O) groups excluding carboxylic acids is 1. The Morgan fingerprint density at radius 1 is 1.67 bits per heavy atom. The lowest BCUT2D eigenvalue weighted by Crippen LogP contribution is -2.40. The highest BCUT2D eigenvalue weighted by Gasteiger charge is 2.23. The van der Waals surface area contributed by atoms with Crippen LogP contribution in [0, 0.1) is 5.92 Å². The van der Waals surface area contributed by atoms with Gasteiger partial charge in [-0.2, -0.15) is 0 Å². The molecule has 2 heterocycles. The van der Waals surface area contributed by atoms with Gasteiger partial charge < -0.3 is 5.73 Å². The van der Waals surface area contributed by atoms with Crippen molar-refractivity contribution in [3.8, 4) is 0 Å². The molecule has 82 valence electrons. The Kier molecular flexibility index (Phi) is 3.38. The summed E-state index contributed by atoms with van der Waals surface area (Å²) in [6.07, 6.45) is 2.04. The Balaban J connectivity index is 1.90. The number of hydrogen-bond acceptors (Lipinski definition) is 3. The van der Waals surface area contributed by atoms with Crippen molar-refractivity contribution in [2.24, 2.45) is 11.7 Å². The molecule has 1 atom stereocenters. The van der Waals surface area contributed by atoms with Gasteiger partial charge >= 0.3 is 0 Å². The average molecular weight is 224 g/mol. The molecule has 2 rings (SSSR count). The van der Waals surface area contributed by atoms with E-state index in [1.54, 1.807) is 11.3 Å². The van der Waals surface area contributed by atoms with Crippen LogP contribution in [-0.2, 0) is 11.3 Å². The summed E-state index contributed by atoms with van der Waals surface area (Å²) in [4.78, 5) is 14.8. The van der Waals surface area contributed by atoms with Crippen molar-refractivity contribution in [2.45, 2.75) is 19.4 Å². The van der Waals surface area contributed by atoms with Crippen LogP contribution in [-0.4, -0.2) is 23.9 Å². The van der Waals surface area contributed by atoms with Gasteiger partial charge in [0, 0.05) is 18.0 Å². The van der Waals surface area contributed by atoms with Crippen molar-refractivity contribution >= 4 is 17.2 Å². The van der Waals surface area contributed by atoms with Gasteiger partial charge in [-0.05, 0) is 30.8 Å². The molecular weight excluding hydrogens is 208 g/mol. The minimum Gasteiger partial charge on any atom is -0.369 e. The molecule has 1 aromatic rings. The van der Waals surface area contributed by atoms with Gasteiger partial charge in [0.2, 0.25) is 5.91 Å². The van der Waals surface area contributed by atoms with E-state index in [9.17, 15) is 4.79 Å². The van der Waals surface area contributed by atoms with E-state index < -0.39 is 0 Å². The molecule has 2 N–H and O–H groups in total. The van der Waals surface area contributed by atoms with Gasteiger partial charge in [0.15, 0.2) is 0 Å². The van der Waals surface area contributed by atoms with Crippen LogP contribution in [0.5, 0.6) is 0 Å². The third kappa shape index (κ3) is 2.79. The van der Waals surface area contributed by atoms with Gasteiger partial charge in [-0.1, -0.05) is 6.07 Å². The highest BCUT2D eigenvalue weighted by Crippen LogP contribution is 2.19. The molecule has 1 amide bonds. The van der Waals surface area contributed by atoms with Gasteiger partial charge in [0.25, 0.3) is 0 Å². The van der Waals surface area contributed by atoms with Crippen LogP contribution in [0.3, 0.4) is 0 Å². The smallest absolute Gasteiger partial charge is 0.221 e. The number of nitrogens with two attached hydrogens (primary N) is 1. The van der Waals surface area contributed by atoms with Crippen LogP contribution < -0.4 is 5.73 Å². The van der Waals surface area contributed by atoms with Crippen LogP contribution in [0.4, 0.5) is 0 Å². The van der Waals surface area contributed by atoms with Crippen LogP contribution >= 0.6 is 11.3 Å². The number of primary amides is 1. The minimum atomic E-state index is -0.147. The monoisotopic (exact) mass is 224 g/mol. The molecule has 1 saturated heterocycles. The fraction of sp³-hybridized carbons (Fsp3) is 0.545. The number of carbonyl (C=O) groups is 1. The van der Waals surface area contributed by atoms with E-state index >= 15 is 0 Å². The molecule has 0 bridgehead atoms. The van der Waals surface area contributed by atoms with Gasteiger partial charge in [0.1, 0.15) is 0 Å². The Morgan fingerprint density at radius 3 is 3.20 bits per heavy atom. The van der Waals surface area contributed by atoms with E-state index in [1.165, 1.54) is 4.88 Å². The Labute approximate surface area is 93.9 Å². The molecule has 1 aliphatic heterocycles. The maximum absolute atomic E-state index is 11.1. The Hall–Kier alpha value is -0.870. The second-order valence-electron chi connectivity index (χ2n) is 4.06. The van der Waals surface area contributed by atoms with Gasteiger partial charge in [0.05, 0.1) is 5.92 Å². The fourth-order valence-corrected chi connectivity index (χ4v) is 2.80. The molecular formula is C11H16N2OS. The molecule has 0 aliphatic carbocycles. The van der Waals surface area contributed by atoms with E-state index in [-0.39, 0.29) is 11.8 Å². The first-order chi connectivity index (χ1) is 7.25. The van der Waals surface area contributed by atoms with Gasteiger partial charge in [-0.15, -0.1) is 11.3 Å². The number of piperidine rings is 1. The van der Waals surface area contributed by atoms with Crippen molar-refractivity contribution in [3.05, 3.63) is 22.4 Å². The van der Waals surface area contributed by atoms with Crippen molar-refractivity contribution < 1.29 is 4.79 Å². The zero-order valence-electron chi connectivity index (χ0n) is 8.69. The lowest BCUT2D eigenvalue weighted by atomic mass is 9.97. The van der Waals surface area contributed by atoms with E-state index in [4.69, 9.17) is 5.73 Å². The number of thiophene rings is 1. The third-order valence-corrected chi connectivity index (χ3v) is 3.73. The maximum Gasteiger partial charge on any atom is 0.221 e. The highest BCUT2D eigenvalue weighted by molar-refractivity contribution is 7.09. The quantitative estimate of drug-likeness (QED) is 0.844. The molecule has 0 radical (unpaired) electrons. The fourth-order valence-electron chi connectivity index (χ4n) is 2.05. The number of hydrogen-bond donors (Lipinski definition) is 1. The molecule has 0 aromatic carbocycles. The second kappa shape index (κ2) is 4.77. The van der Waals surface area contributed by atoms with Crippen molar-refractivity contribution in [3.63, 3.8) is 0 Å². The molecule has 0 saturated carbocycles. The van der Waals surface area contributed by atoms with Crippen LogP contribution in [0.25, 0.3) is 0 Å². The summed E-state index contributed by atoms with van der Waals surface area (Å²) in [6.45, 7) is 2.87. The number of nitrogens with zero attached hydrogens (tertiary/aromatic N) is 1. The van der Waals surface area contributed by atoms with E-state index in [0.29, 0.717) is 0 Å². The zero-order valence-corrected chi connectivity index (χ0v) is 9.50. The summed E-state index contributed by atoms with van der Waals surface area (Å²) in [5.74, 6) is -0.0930. The van der Waals surface area contributed by atoms with Crippen molar-refractivity contribution in [2.75, 3.05) is 13.1 Å². The van der Waals surface area contributed by atoms with E-state index in [0.717, 1.165) is 32.5 Å². The Bertz CT molecular complexity index is 323. The van der Waals surface area contributed by atoms with Crippen molar-refractivity contribution in [1.29, 1.82) is 0 Å². The van der Waals surface area contributed by atoms with Gasteiger partial charge in [-0.25, -0.2) is 0 Å². The molecule has 1 unspecified atom stereocenters. The average Bonchev–Trinajstić information content (AvgIpc) is 2.71. The molecule has 1 aliphatic rings. The third-order valence-electron chi connectivity index (χ3n) is 2.87. The summed E-state index contributed by atoms with van der Waals surface area (Å²) >= 11 is 1.77. The van der Waals surface area contributed by atoms with Crippen LogP contribution in [0.15, 0.2) is 17.5 Å². The largest absolute Gasteiger partial charge is 0.369 e. The summed E-state index contributed by atoms with van der Waals surface area (Å²) < 4.78 is 0. The first kappa shape index (κ1) is 10.6. The molecule has 1 fully saturated rings. The second-order valence-corrected chi connectivity index (χ2v) is 5.09. The predicted molar refractivity (Wildman–Crippen MR) is 61.5 cm³/mol. The first-order valence-electron chi connectivity index (χ1n) is 5.30. The first-order valence-corrected chi connectivity index (χ1v) is 6.18. The molecule has 3 nitrogen and oxygen atoms in total. The SMILES string of the molecule is NC(=O)C1CCCN(Cc2cccs2)C1. The van der Waals surface area contributed by atoms with Gasteiger partial charge in [-0.3, -0.25) is 9.69 Å². The van der Waals surface area contributed by atoms with E-state index in [2.05, 4.69) is 22.4 Å². The normalized spacial score (nSPS) is 22.8. The number of amides is 1. The highest BCUT2D eigenvalue weighted by atomic mass is 32.1. The zero-order chi connectivity index (χ0) is 10.7.